The third kappa shape index (κ3) is 2.29. The second-order valence-corrected chi connectivity index (χ2v) is 7.89. The van der Waals surface area contributed by atoms with E-state index in [-0.39, 0.29) is 5.97 Å². The van der Waals surface area contributed by atoms with Crippen LogP contribution in [0.15, 0.2) is 36.4 Å². The molecule has 0 amide bonds. The molecule has 2 heteroatoms. The van der Waals surface area contributed by atoms with Gasteiger partial charge >= 0.3 is 5.97 Å². The van der Waals surface area contributed by atoms with Crippen LogP contribution < -0.4 is 4.74 Å². The summed E-state index contributed by atoms with van der Waals surface area (Å²) in [6.45, 7) is 5.29. The van der Waals surface area contributed by atoms with Gasteiger partial charge in [-0.3, -0.25) is 0 Å². The minimum Gasteiger partial charge on any atom is -0.423 e. The van der Waals surface area contributed by atoms with Crippen molar-refractivity contribution in [2.45, 2.75) is 50.9 Å². The summed E-state index contributed by atoms with van der Waals surface area (Å²) in [5.41, 5.74) is 2.30. The van der Waals surface area contributed by atoms with Crippen molar-refractivity contribution in [3.8, 4) is 5.75 Å². The predicted molar refractivity (Wildman–Crippen MR) is 86.7 cm³/mol. The van der Waals surface area contributed by atoms with Crippen LogP contribution in [-0.2, 0) is 10.2 Å². The quantitative estimate of drug-likeness (QED) is 0.461. The van der Waals surface area contributed by atoms with Crippen LogP contribution in [0.25, 0.3) is 0 Å². The molecule has 4 saturated carbocycles. The molecule has 4 fully saturated rings. The fraction of sp³-hybridized carbons (Fsp3) is 0.550. The zero-order chi connectivity index (χ0) is 15.3. The van der Waals surface area contributed by atoms with E-state index in [1.165, 1.54) is 44.1 Å². The molecule has 0 aromatic heterocycles. The molecule has 0 spiro atoms. The van der Waals surface area contributed by atoms with Crippen LogP contribution in [0.3, 0.4) is 0 Å². The van der Waals surface area contributed by atoms with Crippen LogP contribution >= 0.6 is 0 Å². The predicted octanol–water partition coefficient (Wildman–Crippen LogP) is 4.64. The largest absolute Gasteiger partial charge is 0.423 e. The highest BCUT2D eigenvalue weighted by Gasteiger charge is 2.51. The van der Waals surface area contributed by atoms with Gasteiger partial charge < -0.3 is 4.74 Å². The first-order valence-electron chi connectivity index (χ1n) is 8.52. The Kier molecular flexibility index (Phi) is 3.18. The molecule has 0 atom stereocenters. The van der Waals surface area contributed by atoms with Gasteiger partial charge in [0.05, 0.1) is 0 Å². The maximum atomic E-state index is 11.6. The topological polar surface area (TPSA) is 26.3 Å². The molecule has 0 N–H and O–H groups in total. The van der Waals surface area contributed by atoms with Gasteiger partial charge in [-0.2, -0.15) is 0 Å². The van der Waals surface area contributed by atoms with Gasteiger partial charge in [-0.05, 0) is 86.3 Å². The van der Waals surface area contributed by atoms with Gasteiger partial charge in [0, 0.05) is 5.57 Å². The molecule has 5 rings (SSSR count). The highest BCUT2D eigenvalue weighted by Crippen LogP contribution is 2.60. The van der Waals surface area contributed by atoms with E-state index in [0.717, 1.165) is 17.8 Å². The van der Waals surface area contributed by atoms with Gasteiger partial charge in [-0.25, -0.2) is 4.79 Å². The smallest absolute Gasteiger partial charge is 0.338 e. The van der Waals surface area contributed by atoms with E-state index in [2.05, 4.69) is 18.7 Å². The first-order valence-corrected chi connectivity index (χ1v) is 8.52. The summed E-state index contributed by atoms with van der Waals surface area (Å²) < 4.78 is 5.31. The van der Waals surface area contributed by atoms with Crippen molar-refractivity contribution in [1.82, 2.24) is 0 Å². The van der Waals surface area contributed by atoms with Crippen LogP contribution in [0.5, 0.6) is 5.75 Å². The molecular formula is C20H24O2. The number of carbonyl (C=O) groups is 1. The van der Waals surface area contributed by atoms with E-state index < -0.39 is 0 Å². The van der Waals surface area contributed by atoms with E-state index >= 15 is 0 Å². The maximum Gasteiger partial charge on any atom is 0.338 e. The molecule has 1 aromatic carbocycles. The minimum atomic E-state index is -0.345. The van der Waals surface area contributed by atoms with Gasteiger partial charge in [0.2, 0.25) is 0 Å². The van der Waals surface area contributed by atoms with Gasteiger partial charge in [-0.15, -0.1) is 0 Å². The second-order valence-electron chi connectivity index (χ2n) is 7.89. The van der Waals surface area contributed by atoms with Gasteiger partial charge in [0.15, 0.2) is 0 Å². The average Bonchev–Trinajstić information content (AvgIpc) is 2.46. The molecular weight excluding hydrogens is 272 g/mol. The van der Waals surface area contributed by atoms with E-state index in [9.17, 15) is 4.79 Å². The lowest BCUT2D eigenvalue weighted by Gasteiger charge is -2.57. The Bertz CT molecular complexity index is 576. The Balaban J connectivity index is 1.56. The summed E-state index contributed by atoms with van der Waals surface area (Å²) >= 11 is 0. The third-order valence-electron chi connectivity index (χ3n) is 6.06. The molecule has 0 aliphatic heterocycles. The summed E-state index contributed by atoms with van der Waals surface area (Å²) in [6, 6.07) is 8.28. The molecule has 4 bridgehead atoms. The molecule has 4 aliphatic carbocycles. The Morgan fingerprint density at radius 3 is 2.00 bits per heavy atom. The maximum absolute atomic E-state index is 11.6. The highest BCUT2D eigenvalue weighted by atomic mass is 16.5. The second kappa shape index (κ2) is 4.97. The van der Waals surface area contributed by atoms with Crippen molar-refractivity contribution in [3.05, 3.63) is 42.0 Å². The van der Waals surface area contributed by atoms with Crippen molar-refractivity contribution in [2.75, 3.05) is 0 Å². The normalized spacial score (nSPS) is 35.4. The molecule has 116 valence electrons. The van der Waals surface area contributed by atoms with Crippen molar-refractivity contribution in [1.29, 1.82) is 0 Å². The monoisotopic (exact) mass is 296 g/mol. The van der Waals surface area contributed by atoms with Gasteiger partial charge in [-0.1, -0.05) is 18.7 Å². The number of esters is 1. The summed E-state index contributed by atoms with van der Waals surface area (Å²) in [7, 11) is 0. The minimum absolute atomic E-state index is 0.345. The summed E-state index contributed by atoms with van der Waals surface area (Å²) in [5, 5.41) is 0. The molecule has 22 heavy (non-hydrogen) atoms. The lowest BCUT2D eigenvalue weighted by atomic mass is 9.48. The van der Waals surface area contributed by atoms with Crippen molar-refractivity contribution in [2.24, 2.45) is 17.8 Å². The van der Waals surface area contributed by atoms with E-state index in [0.29, 0.717) is 16.7 Å². The number of hydrogen-bond donors (Lipinski definition) is 0. The van der Waals surface area contributed by atoms with Crippen LogP contribution in [-0.4, -0.2) is 5.97 Å². The number of hydrogen-bond acceptors (Lipinski definition) is 2. The molecule has 0 unspecified atom stereocenters. The fourth-order valence-electron chi connectivity index (χ4n) is 5.53. The van der Waals surface area contributed by atoms with Crippen LogP contribution in [0.2, 0.25) is 0 Å². The average molecular weight is 296 g/mol. The summed E-state index contributed by atoms with van der Waals surface area (Å²) in [5.74, 6) is 3.13. The standard InChI is InChI=1S/C20H24O2/c1-13(2)19(21)22-18-5-3-17(4-6-18)20-10-14-7-15(11-20)9-16(8-14)12-20/h3-6,14-16H,1,7-12H2,2H3. The zero-order valence-corrected chi connectivity index (χ0v) is 13.3. The van der Waals surface area contributed by atoms with Crippen molar-refractivity contribution in [3.63, 3.8) is 0 Å². The van der Waals surface area contributed by atoms with Crippen LogP contribution in [0.1, 0.15) is 51.0 Å². The lowest BCUT2D eigenvalue weighted by Crippen LogP contribution is -2.48. The molecule has 4 aliphatic rings. The fourth-order valence-corrected chi connectivity index (χ4v) is 5.53. The summed E-state index contributed by atoms with van der Waals surface area (Å²) in [4.78, 5) is 11.6. The molecule has 0 saturated heterocycles. The Labute approximate surface area is 132 Å². The van der Waals surface area contributed by atoms with E-state index in [1.54, 1.807) is 6.92 Å². The first kappa shape index (κ1) is 14.0. The van der Waals surface area contributed by atoms with Gasteiger partial charge in [0.1, 0.15) is 5.75 Å². The number of rotatable bonds is 3. The van der Waals surface area contributed by atoms with Crippen LogP contribution in [0.4, 0.5) is 0 Å². The number of benzene rings is 1. The highest BCUT2D eigenvalue weighted by molar-refractivity contribution is 5.88. The Morgan fingerprint density at radius 2 is 1.55 bits per heavy atom. The lowest BCUT2D eigenvalue weighted by molar-refractivity contribution is -0.130. The Hall–Kier alpha value is -1.57. The summed E-state index contributed by atoms with van der Waals surface area (Å²) in [6.07, 6.45) is 8.49. The van der Waals surface area contributed by atoms with Crippen molar-refractivity contribution < 1.29 is 9.53 Å². The molecule has 0 radical (unpaired) electrons. The number of ether oxygens (including phenoxy) is 1. The van der Waals surface area contributed by atoms with Crippen molar-refractivity contribution >= 4 is 5.97 Å². The first-order chi connectivity index (χ1) is 10.5. The van der Waals surface area contributed by atoms with Crippen LogP contribution in [0, 0.1) is 17.8 Å². The molecule has 0 heterocycles. The van der Waals surface area contributed by atoms with E-state index in [4.69, 9.17) is 4.74 Å². The zero-order valence-electron chi connectivity index (χ0n) is 13.3. The SMILES string of the molecule is C=C(C)C(=O)Oc1ccc(C23CC4CC(CC(C4)C2)C3)cc1. The molecule has 2 nitrogen and oxygen atoms in total. The Morgan fingerprint density at radius 1 is 1.05 bits per heavy atom. The molecule has 1 aromatic rings. The third-order valence-corrected chi connectivity index (χ3v) is 6.06. The van der Waals surface area contributed by atoms with Gasteiger partial charge in [0.25, 0.3) is 0 Å². The van der Waals surface area contributed by atoms with E-state index in [1.807, 2.05) is 12.1 Å². The number of carbonyl (C=O) groups excluding carboxylic acids is 1.